The first kappa shape index (κ1) is 13.4. The van der Waals surface area contributed by atoms with Gasteiger partial charge >= 0.3 is 5.97 Å². The van der Waals surface area contributed by atoms with Crippen LogP contribution in [0.15, 0.2) is 0 Å². The summed E-state index contributed by atoms with van der Waals surface area (Å²) in [5.41, 5.74) is 0. The van der Waals surface area contributed by atoms with Gasteiger partial charge in [-0.15, -0.1) is 0 Å². The van der Waals surface area contributed by atoms with Crippen LogP contribution >= 0.6 is 0 Å². The van der Waals surface area contributed by atoms with E-state index in [-0.39, 0.29) is 6.61 Å². The molecule has 5 heteroatoms. The Balaban J connectivity index is 3.56. The topological polar surface area (TPSA) is 61.8 Å². The monoisotopic (exact) mass is 204 g/mol. The third kappa shape index (κ3) is 6.82. The van der Waals surface area contributed by atoms with Crippen molar-refractivity contribution in [2.75, 3.05) is 40.9 Å². The minimum Gasteiger partial charge on any atom is -0.480 e. The molecule has 0 aliphatic rings. The van der Waals surface area contributed by atoms with Crippen molar-refractivity contribution in [3.05, 3.63) is 0 Å². The van der Waals surface area contributed by atoms with Gasteiger partial charge in [0, 0.05) is 7.11 Å². The first-order chi connectivity index (χ1) is 6.57. The molecular weight excluding hydrogens is 184 g/mol. The normalized spacial score (nSPS) is 13.1. The molecule has 0 amide bonds. The van der Waals surface area contributed by atoms with Gasteiger partial charge in [-0.3, -0.25) is 4.79 Å². The molecule has 84 valence electrons. The van der Waals surface area contributed by atoms with Gasteiger partial charge < -0.3 is 20.1 Å². The Morgan fingerprint density at radius 1 is 1.57 bits per heavy atom. The Kier molecular flexibility index (Phi) is 7.37. The molecule has 0 bridgehead atoms. The van der Waals surface area contributed by atoms with Crippen LogP contribution in [0.3, 0.4) is 0 Å². The quantitative estimate of drug-likeness (QED) is 0.528. The van der Waals surface area contributed by atoms with Crippen molar-refractivity contribution in [1.82, 2.24) is 10.2 Å². The molecule has 0 radical (unpaired) electrons. The highest BCUT2D eigenvalue weighted by atomic mass is 16.5. The van der Waals surface area contributed by atoms with Gasteiger partial charge in [-0.05, 0) is 33.6 Å². The molecule has 0 saturated heterocycles. The van der Waals surface area contributed by atoms with Gasteiger partial charge in [0.05, 0.1) is 6.61 Å². The molecule has 0 aliphatic carbocycles. The largest absolute Gasteiger partial charge is 0.480 e. The lowest BCUT2D eigenvalue weighted by Crippen LogP contribution is -2.41. The molecule has 0 aliphatic heterocycles. The summed E-state index contributed by atoms with van der Waals surface area (Å²) in [7, 11) is 5.48. The first-order valence-electron chi connectivity index (χ1n) is 4.67. The first-order valence-corrected chi connectivity index (χ1v) is 4.67. The number of hydrogen-bond donors (Lipinski definition) is 2. The van der Waals surface area contributed by atoms with Crippen molar-refractivity contribution in [1.29, 1.82) is 0 Å². The number of nitrogens with one attached hydrogen (secondary N) is 1. The van der Waals surface area contributed by atoms with Gasteiger partial charge in [-0.1, -0.05) is 0 Å². The molecule has 2 N–H and O–H groups in total. The highest BCUT2D eigenvalue weighted by molar-refractivity contribution is 5.73. The van der Waals surface area contributed by atoms with Crippen LogP contribution in [0.4, 0.5) is 0 Å². The standard InChI is InChI=1S/C9H20N2O3/c1-11(2)6-4-5-10-8(7-14-3)9(12)13/h8,10H,4-7H2,1-3H3,(H,12,13). The number of methoxy groups -OCH3 is 1. The number of carboxylic acids is 1. The fourth-order valence-corrected chi connectivity index (χ4v) is 1.06. The molecule has 0 aromatic heterocycles. The van der Waals surface area contributed by atoms with E-state index in [9.17, 15) is 4.79 Å². The van der Waals surface area contributed by atoms with Crippen molar-refractivity contribution in [3.63, 3.8) is 0 Å². The summed E-state index contributed by atoms with van der Waals surface area (Å²) in [6.07, 6.45) is 0.931. The predicted molar refractivity (Wildman–Crippen MR) is 54.5 cm³/mol. The maximum atomic E-state index is 10.7. The van der Waals surface area contributed by atoms with Crippen LogP contribution in [-0.2, 0) is 9.53 Å². The van der Waals surface area contributed by atoms with E-state index in [0.717, 1.165) is 13.0 Å². The average Bonchev–Trinajstić information content (AvgIpc) is 2.09. The number of nitrogens with zero attached hydrogens (tertiary/aromatic N) is 1. The van der Waals surface area contributed by atoms with Crippen molar-refractivity contribution in [3.8, 4) is 0 Å². The molecule has 0 saturated carbocycles. The predicted octanol–water partition coefficient (Wildman–Crippen LogP) is -0.373. The molecule has 1 unspecified atom stereocenters. The maximum absolute atomic E-state index is 10.7. The second kappa shape index (κ2) is 7.73. The molecule has 0 rings (SSSR count). The van der Waals surface area contributed by atoms with E-state index in [1.54, 1.807) is 0 Å². The molecule has 14 heavy (non-hydrogen) atoms. The van der Waals surface area contributed by atoms with Crippen molar-refractivity contribution in [2.24, 2.45) is 0 Å². The van der Waals surface area contributed by atoms with Gasteiger partial charge in [0.15, 0.2) is 0 Å². The zero-order valence-electron chi connectivity index (χ0n) is 9.12. The van der Waals surface area contributed by atoms with Crippen LogP contribution in [0.5, 0.6) is 0 Å². The van der Waals surface area contributed by atoms with Gasteiger partial charge in [0.25, 0.3) is 0 Å². The highest BCUT2D eigenvalue weighted by Gasteiger charge is 2.15. The van der Waals surface area contributed by atoms with Crippen LogP contribution in [0, 0.1) is 0 Å². The summed E-state index contributed by atoms with van der Waals surface area (Å²) < 4.78 is 4.79. The smallest absolute Gasteiger partial charge is 0.323 e. The third-order valence-electron chi connectivity index (χ3n) is 1.80. The Hall–Kier alpha value is -0.650. The lowest BCUT2D eigenvalue weighted by molar-refractivity contribution is -0.140. The van der Waals surface area contributed by atoms with Crippen LogP contribution in [0.2, 0.25) is 0 Å². The van der Waals surface area contributed by atoms with Crippen molar-refractivity contribution < 1.29 is 14.6 Å². The fraction of sp³-hybridized carbons (Fsp3) is 0.889. The number of aliphatic carboxylic acids is 1. The molecule has 0 aromatic rings. The van der Waals surface area contributed by atoms with Gasteiger partial charge in [-0.25, -0.2) is 0 Å². The molecule has 0 heterocycles. The van der Waals surface area contributed by atoms with Gasteiger partial charge in [0.2, 0.25) is 0 Å². The number of rotatable bonds is 8. The van der Waals surface area contributed by atoms with E-state index in [1.165, 1.54) is 7.11 Å². The van der Waals surface area contributed by atoms with Gasteiger partial charge in [0.1, 0.15) is 6.04 Å². The van der Waals surface area contributed by atoms with Crippen molar-refractivity contribution >= 4 is 5.97 Å². The molecule has 0 spiro atoms. The summed E-state index contributed by atoms with van der Waals surface area (Å²) in [5.74, 6) is -0.864. The number of hydrogen-bond acceptors (Lipinski definition) is 4. The Morgan fingerprint density at radius 3 is 2.64 bits per heavy atom. The number of carbonyl (C=O) groups is 1. The van der Waals surface area contributed by atoms with Crippen LogP contribution in [0.1, 0.15) is 6.42 Å². The van der Waals surface area contributed by atoms with Crippen LogP contribution in [-0.4, -0.2) is 62.9 Å². The summed E-state index contributed by atoms with van der Waals surface area (Å²) in [4.78, 5) is 12.7. The zero-order valence-corrected chi connectivity index (χ0v) is 9.12. The molecular formula is C9H20N2O3. The van der Waals surface area contributed by atoms with E-state index in [4.69, 9.17) is 9.84 Å². The Labute approximate surface area is 85.0 Å². The van der Waals surface area contributed by atoms with E-state index >= 15 is 0 Å². The van der Waals surface area contributed by atoms with E-state index < -0.39 is 12.0 Å². The molecule has 1 atom stereocenters. The number of ether oxygens (including phenoxy) is 1. The summed E-state index contributed by atoms with van der Waals surface area (Å²) in [5, 5.41) is 11.7. The second-order valence-electron chi connectivity index (χ2n) is 3.46. The molecule has 5 nitrogen and oxygen atoms in total. The third-order valence-corrected chi connectivity index (χ3v) is 1.80. The summed E-state index contributed by atoms with van der Waals surface area (Å²) in [6, 6.07) is -0.595. The lowest BCUT2D eigenvalue weighted by Gasteiger charge is -2.14. The SMILES string of the molecule is COCC(NCCCN(C)C)C(=O)O. The van der Waals surface area contributed by atoms with E-state index in [1.807, 2.05) is 14.1 Å². The van der Waals surface area contributed by atoms with Crippen LogP contribution in [0.25, 0.3) is 0 Å². The zero-order chi connectivity index (χ0) is 11.0. The molecule has 0 aromatic carbocycles. The second-order valence-corrected chi connectivity index (χ2v) is 3.46. The van der Waals surface area contributed by atoms with E-state index in [0.29, 0.717) is 6.54 Å². The Morgan fingerprint density at radius 2 is 2.21 bits per heavy atom. The molecule has 0 fully saturated rings. The fourth-order valence-electron chi connectivity index (χ4n) is 1.06. The number of carboxylic acid groups (broad SMARTS) is 1. The maximum Gasteiger partial charge on any atom is 0.323 e. The highest BCUT2D eigenvalue weighted by Crippen LogP contribution is 1.87. The minimum atomic E-state index is -0.864. The summed E-state index contributed by atoms with van der Waals surface area (Å²) in [6.45, 7) is 1.85. The lowest BCUT2D eigenvalue weighted by atomic mass is 10.3. The average molecular weight is 204 g/mol. The Bertz CT molecular complexity index is 162. The summed E-state index contributed by atoms with van der Waals surface area (Å²) >= 11 is 0. The van der Waals surface area contributed by atoms with Crippen LogP contribution < -0.4 is 5.32 Å². The van der Waals surface area contributed by atoms with Crippen molar-refractivity contribution in [2.45, 2.75) is 12.5 Å². The van der Waals surface area contributed by atoms with Gasteiger partial charge in [-0.2, -0.15) is 0 Å². The van der Waals surface area contributed by atoms with E-state index in [2.05, 4.69) is 10.2 Å². The minimum absolute atomic E-state index is 0.206.